The molecule has 0 aromatic carbocycles. The first-order chi connectivity index (χ1) is 12.0. The first-order valence-corrected chi connectivity index (χ1v) is 19.7. The molecule has 0 aliphatic carbocycles. The van der Waals surface area contributed by atoms with Gasteiger partial charge in [-0.2, -0.15) is 0 Å². The summed E-state index contributed by atoms with van der Waals surface area (Å²) in [5.41, 5.74) is 0. The van der Waals surface area contributed by atoms with E-state index < -0.39 is 20.6 Å². The minimum Gasteiger partial charge on any atom is -0.254 e. The Labute approximate surface area is 188 Å². The van der Waals surface area contributed by atoms with E-state index >= 15 is 0 Å². The van der Waals surface area contributed by atoms with Crippen molar-refractivity contribution in [3.63, 3.8) is 0 Å². The largest absolute Gasteiger partial charge is 0.446 e. The smallest absolute Gasteiger partial charge is 0.254 e. The van der Waals surface area contributed by atoms with Gasteiger partial charge in [0.15, 0.2) is 0 Å². The highest BCUT2D eigenvalue weighted by atomic mass is 35.9. The monoisotopic (exact) mass is 582 g/mol. The molecule has 1 heterocycles. The van der Waals surface area contributed by atoms with Crippen LogP contribution in [-0.2, 0) is 0 Å². The third-order valence-electron chi connectivity index (χ3n) is 2.48. The van der Waals surface area contributed by atoms with Gasteiger partial charge < -0.3 is 0 Å². The van der Waals surface area contributed by atoms with Crippen molar-refractivity contribution in [3.8, 4) is 0 Å². The van der Waals surface area contributed by atoms with E-state index in [1.54, 1.807) is 11.4 Å². The third kappa shape index (κ3) is 19.6. The molecule has 2 unspecified atom stereocenters. The fourth-order valence-electron chi connectivity index (χ4n) is 1.38. The van der Waals surface area contributed by atoms with Gasteiger partial charge in [-0.25, -0.2) is 0 Å². The van der Waals surface area contributed by atoms with Gasteiger partial charge in [-0.1, -0.05) is 84.1 Å². The maximum absolute atomic E-state index is 6.12. The van der Waals surface area contributed by atoms with Crippen LogP contribution >= 0.6 is 115 Å². The predicted molar refractivity (Wildman–Crippen MR) is 134 cm³/mol. The normalized spacial score (nSPS) is 19.6. The number of halogens is 5. The molecule has 2 atom stereocenters. The van der Waals surface area contributed by atoms with Crippen molar-refractivity contribution in [1.82, 2.24) is 18.5 Å². The molecular formula is C8H23Cl5N5P6S+. The van der Waals surface area contributed by atoms with Crippen molar-refractivity contribution < 1.29 is 0 Å². The van der Waals surface area contributed by atoms with Crippen LogP contribution in [-0.4, -0.2) is 9.71 Å². The summed E-state index contributed by atoms with van der Waals surface area (Å²) in [6.07, 6.45) is 7.64. The van der Waals surface area contributed by atoms with Crippen LogP contribution in [0.3, 0.4) is 0 Å². The number of rotatable bonds is 11. The maximum atomic E-state index is 6.12. The topological polar surface area (TPSA) is 51.7 Å². The molecule has 1 rings (SSSR count). The summed E-state index contributed by atoms with van der Waals surface area (Å²) in [4.78, 5) is 9.38. The lowest BCUT2D eigenvalue weighted by Crippen LogP contribution is -2.07. The molecule has 0 aromatic heterocycles. The quantitative estimate of drug-likeness (QED) is 0.128. The van der Waals surface area contributed by atoms with E-state index in [1.165, 1.54) is 32.1 Å². The zero-order chi connectivity index (χ0) is 18.9. The van der Waals surface area contributed by atoms with Crippen LogP contribution in [0, 0.1) is 0 Å². The lowest BCUT2D eigenvalue weighted by atomic mass is 10.1. The Morgan fingerprint density at radius 3 is 2.00 bits per heavy atom. The average molecular weight is 584 g/mol. The van der Waals surface area contributed by atoms with E-state index in [1.807, 2.05) is 0 Å². The van der Waals surface area contributed by atoms with Crippen molar-refractivity contribution in [1.29, 1.82) is 0 Å². The molecule has 25 heavy (non-hydrogen) atoms. The Bertz CT molecular complexity index is 337. The summed E-state index contributed by atoms with van der Waals surface area (Å²) in [5.74, 6) is 1.00. The summed E-state index contributed by atoms with van der Waals surface area (Å²) in [6, 6.07) is 0. The first-order valence-electron chi connectivity index (χ1n) is 7.32. The Morgan fingerprint density at radius 1 is 1.00 bits per heavy atom. The van der Waals surface area contributed by atoms with Gasteiger partial charge in [-0.05, 0) is 10.9 Å². The Morgan fingerprint density at radius 2 is 1.52 bits per heavy atom. The molecule has 0 radical (unpaired) electrons. The van der Waals surface area contributed by atoms with Crippen LogP contribution in [0.25, 0.3) is 0 Å². The number of hydrogen-bond donors (Lipinski definition) is 3. The molecule has 0 spiro atoms. The summed E-state index contributed by atoms with van der Waals surface area (Å²) in [5, 5.41) is 0. The second-order valence-electron chi connectivity index (χ2n) is 4.36. The molecule has 0 saturated carbocycles. The van der Waals surface area contributed by atoms with E-state index in [4.69, 9.17) is 56.7 Å². The molecule has 17 heteroatoms. The van der Waals surface area contributed by atoms with E-state index in [0.29, 0.717) is 0 Å². The zero-order valence-corrected chi connectivity index (χ0v) is 23.8. The average Bonchev–Trinajstić information content (AvgIpc) is 2.62. The second-order valence-corrected chi connectivity index (χ2v) is 19.5. The summed E-state index contributed by atoms with van der Waals surface area (Å²) in [7, 11) is 0.875. The zero-order valence-electron chi connectivity index (χ0n) is 13.5. The van der Waals surface area contributed by atoms with Crippen molar-refractivity contribution in [2.75, 3.05) is 5.75 Å². The Balaban J connectivity index is 0.000000796. The fourth-order valence-corrected chi connectivity index (χ4v) is 13.8. The highest BCUT2D eigenvalue weighted by Gasteiger charge is 2.30. The van der Waals surface area contributed by atoms with Crippen molar-refractivity contribution in [2.45, 2.75) is 45.4 Å². The van der Waals surface area contributed by atoms with Gasteiger partial charge in [0, 0.05) is 48.1 Å². The molecule has 150 valence electrons. The molecule has 3 N–H and O–H groups in total. The van der Waals surface area contributed by atoms with E-state index in [0.717, 1.165) is 42.8 Å². The Hall–Kier alpha value is 3.89. The van der Waals surface area contributed by atoms with Gasteiger partial charge in [-0.15, -0.1) is 0 Å². The molecule has 1 fully saturated rings. The van der Waals surface area contributed by atoms with Crippen molar-refractivity contribution in [3.05, 3.63) is 0 Å². The van der Waals surface area contributed by atoms with Gasteiger partial charge in [0.05, 0.1) is 0 Å². The van der Waals surface area contributed by atoms with Crippen molar-refractivity contribution in [2.24, 2.45) is 4.52 Å². The summed E-state index contributed by atoms with van der Waals surface area (Å²) >= 11 is 30.8. The molecule has 0 amide bonds. The molecule has 5 nitrogen and oxygen atoms in total. The maximum Gasteiger partial charge on any atom is 0.446 e. The lowest BCUT2D eigenvalue weighted by molar-refractivity contribution is 0.627. The van der Waals surface area contributed by atoms with Crippen LogP contribution in [0.1, 0.15) is 45.4 Å². The van der Waals surface area contributed by atoms with Crippen LogP contribution in [0.15, 0.2) is 4.52 Å². The number of unbranched alkanes of at least 4 members (excludes halogenated alkanes) is 5. The molecular weight excluding hydrogens is 561 g/mol. The van der Waals surface area contributed by atoms with Gasteiger partial charge >= 0.3 is 7.22 Å². The number of hydrogen-bond acceptors (Lipinski definition) is 5. The molecule has 0 bridgehead atoms. The standard InChI is InChI=1S/C8H17Cl5N2P3S.H6N3P3/c1-2-3-4-5-6-7-8-19-18(13)14-17(12)15(9)16(10)11;1-4-2-6-3-5-1/h2-8H2,1H3;1-6H/q+1;. The van der Waals surface area contributed by atoms with Crippen LogP contribution in [0.4, 0.5) is 0 Å². The van der Waals surface area contributed by atoms with E-state index in [-0.39, 0.29) is 0 Å². The summed E-state index contributed by atoms with van der Waals surface area (Å²) in [6.45, 7) is -0.276. The van der Waals surface area contributed by atoms with Gasteiger partial charge in [0.25, 0.3) is 0 Å². The summed E-state index contributed by atoms with van der Waals surface area (Å²) < 4.78 is 5.36. The minimum absolute atomic E-state index is 0.764. The van der Waals surface area contributed by atoms with Gasteiger partial charge in [-0.3, -0.25) is 14.6 Å². The lowest BCUT2D eigenvalue weighted by Gasteiger charge is -2.12. The SMILES string of the molecule is CCCCCCCCSP(Cl)N=[P+](Cl)N(Cl)P(Cl)Cl.N1PNPNP1. The molecule has 1 aliphatic heterocycles. The van der Waals surface area contributed by atoms with E-state index in [9.17, 15) is 0 Å². The van der Waals surface area contributed by atoms with Crippen molar-refractivity contribution >= 4 is 115 Å². The predicted octanol–water partition coefficient (Wildman–Crippen LogP) is 9.73. The third-order valence-corrected chi connectivity index (χ3v) is 16.7. The number of nitrogens with one attached hydrogen (secondary N) is 3. The Kier molecular flexibility index (Phi) is 24.4. The van der Waals surface area contributed by atoms with Crippen LogP contribution < -0.4 is 14.6 Å². The highest BCUT2D eigenvalue weighted by molar-refractivity contribution is 8.62. The highest BCUT2D eigenvalue weighted by Crippen LogP contribution is 2.68. The van der Waals surface area contributed by atoms with E-state index in [2.05, 4.69) is 26.0 Å². The first kappa shape index (κ1) is 28.9. The van der Waals surface area contributed by atoms with Gasteiger partial charge in [0.1, 0.15) is 0 Å². The van der Waals surface area contributed by atoms with Crippen LogP contribution in [0.5, 0.6) is 0 Å². The molecule has 1 aliphatic rings. The molecule has 0 aromatic rings. The van der Waals surface area contributed by atoms with Crippen LogP contribution in [0.2, 0.25) is 0 Å². The fraction of sp³-hybridized carbons (Fsp3) is 1.00. The second kappa shape index (κ2) is 21.1. The van der Waals surface area contributed by atoms with Gasteiger partial charge in [0.2, 0.25) is 24.6 Å². The minimum atomic E-state index is -1.47. The number of nitrogens with zero attached hydrogens (tertiary/aromatic N) is 2. The molecule has 1 saturated heterocycles.